The molecule has 2 N–H and O–H groups in total. The Morgan fingerprint density at radius 2 is 2.33 bits per heavy atom. The number of fused-ring (bicyclic) bond motifs is 3. The zero-order valence-electron chi connectivity index (χ0n) is 16.7. The Balaban J connectivity index is 1.50. The summed E-state index contributed by atoms with van der Waals surface area (Å²) in [6, 6.07) is 4.95. The lowest BCUT2D eigenvalue weighted by Gasteiger charge is -2.17. The fourth-order valence-electron chi connectivity index (χ4n) is 3.65. The normalized spacial score (nSPS) is 16.0. The van der Waals surface area contributed by atoms with Crippen molar-refractivity contribution in [1.29, 1.82) is 0 Å². The van der Waals surface area contributed by atoms with E-state index in [0.717, 1.165) is 29.7 Å². The molecule has 4 rings (SSSR count). The number of ether oxygens (including phenoxy) is 1. The second-order valence-electron chi connectivity index (χ2n) is 7.40. The molecule has 1 amide bonds. The zero-order valence-corrected chi connectivity index (χ0v) is 17.5. The van der Waals surface area contributed by atoms with Crippen LogP contribution in [-0.2, 0) is 24.2 Å². The number of hydrazone groups is 1. The van der Waals surface area contributed by atoms with Crippen LogP contribution in [-0.4, -0.2) is 33.9 Å². The summed E-state index contributed by atoms with van der Waals surface area (Å²) >= 11 is 1.58. The molecule has 0 bridgehead atoms. The first-order chi connectivity index (χ1) is 14.5. The van der Waals surface area contributed by atoms with Crippen molar-refractivity contribution >= 4 is 33.7 Å². The van der Waals surface area contributed by atoms with Gasteiger partial charge in [0.25, 0.3) is 11.5 Å². The number of rotatable bonds is 5. The summed E-state index contributed by atoms with van der Waals surface area (Å²) in [7, 11) is 1.45. The van der Waals surface area contributed by atoms with Gasteiger partial charge in [-0.25, -0.2) is 10.4 Å². The highest BCUT2D eigenvalue weighted by atomic mass is 32.1. The summed E-state index contributed by atoms with van der Waals surface area (Å²) in [6.45, 7) is 2.03. The zero-order chi connectivity index (χ0) is 21.3. The molecule has 0 fully saturated rings. The second-order valence-corrected chi connectivity index (χ2v) is 8.48. The lowest BCUT2D eigenvalue weighted by atomic mass is 9.89. The minimum absolute atomic E-state index is 0.0691. The van der Waals surface area contributed by atoms with Gasteiger partial charge < -0.3 is 9.84 Å². The fourth-order valence-corrected chi connectivity index (χ4v) is 4.99. The van der Waals surface area contributed by atoms with Gasteiger partial charge in [0.05, 0.1) is 25.0 Å². The Labute approximate surface area is 176 Å². The number of aromatic hydroxyl groups is 1. The van der Waals surface area contributed by atoms with Crippen LogP contribution in [0.15, 0.2) is 34.4 Å². The smallest absolute Gasteiger partial charge is 0.262 e. The third-order valence-corrected chi connectivity index (χ3v) is 6.40. The topological polar surface area (TPSA) is 106 Å². The summed E-state index contributed by atoms with van der Waals surface area (Å²) < 4.78 is 6.34. The molecule has 2 aromatic heterocycles. The van der Waals surface area contributed by atoms with Gasteiger partial charge in [0.2, 0.25) is 0 Å². The SMILES string of the molecule is COc1cccc(/C=N\NC(=O)Cn2cnc3sc4c(c3c2=O)CCC(C)C4)c1O. The maximum absolute atomic E-state index is 13.0. The highest BCUT2D eigenvalue weighted by Gasteiger charge is 2.23. The molecule has 2 heterocycles. The van der Waals surface area contributed by atoms with Gasteiger partial charge in [-0.05, 0) is 42.9 Å². The van der Waals surface area contributed by atoms with Gasteiger partial charge >= 0.3 is 0 Å². The van der Waals surface area contributed by atoms with Gasteiger partial charge in [0.15, 0.2) is 11.5 Å². The van der Waals surface area contributed by atoms with Crippen LogP contribution in [0.2, 0.25) is 0 Å². The van der Waals surface area contributed by atoms with Crippen LogP contribution in [0.25, 0.3) is 10.2 Å². The molecule has 1 atom stereocenters. The third kappa shape index (κ3) is 3.80. The number of hydrogen-bond donors (Lipinski definition) is 2. The highest BCUT2D eigenvalue weighted by Crippen LogP contribution is 2.35. The Kier molecular flexibility index (Phi) is 5.54. The van der Waals surface area contributed by atoms with Crippen LogP contribution in [0.5, 0.6) is 11.5 Å². The maximum Gasteiger partial charge on any atom is 0.262 e. The predicted molar refractivity (Wildman–Crippen MR) is 115 cm³/mol. The van der Waals surface area contributed by atoms with E-state index < -0.39 is 5.91 Å². The lowest BCUT2D eigenvalue weighted by Crippen LogP contribution is -2.30. The molecule has 1 aromatic carbocycles. The number of phenols is 1. The number of carbonyl (C=O) groups is 1. The molecule has 3 aromatic rings. The number of nitrogens with zero attached hydrogens (tertiary/aromatic N) is 3. The van der Waals surface area contributed by atoms with Crippen LogP contribution < -0.4 is 15.7 Å². The summed E-state index contributed by atoms with van der Waals surface area (Å²) in [5, 5.41) is 14.5. The summed E-state index contributed by atoms with van der Waals surface area (Å²) in [4.78, 5) is 31.6. The second kappa shape index (κ2) is 8.27. The van der Waals surface area contributed by atoms with E-state index in [1.165, 1.54) is 29.1 Å². The summed E-state index contributed by atoms with van der Waals surface area (Å²) in [5.74, 6) is 0.389. The molecule has 8 nitrogen and oxygen atoms in total. The number of carbonyl (C=O) groups excluding carboxylic acids is 1. The summed E-state index contributed by atoms with van der Waals surface area (Å²) in [6.07, 6.45) is 5.63. The van der Waals surface area contributed by atoms with E-state index in [1.54, 1.807) is 29.5 Å². The number of benzene rings is 1. The number of amides is 1. The minimum Gasteiger partial charge on any atom is -0.504 e. The predicted octanol–water partition coefficient (Wildman–Crippen LogP) is 2.45. The molecular formula is C21H22N4O4S. The van der Waals surface area contributed by atoms with Crippen molar-refractivity contribution < 1.29 is 14.6 Å². The minimum atomic E-state index is -0.463. The molecule has 1 aliphatic rings. The van der Waals surface area contributed by atoms with E-state index in [-0.39, 0.29) is 17.9 Å². The summed E-state index contributed by atoms with van der Waals surface area (Å²) in [5.41, 5.74) is 3.66. The van der Waals surface area contributed by atoms with Crippen LogP contribution >= 0.6 is 11.3 Å². The largest absolute Gasteiger partial charge is 0.504 e. The molecular weight excluding hydrogens is 404 g/mol. The standard InChI is InChI=1S/C21H22N4O4S/c1-12-6-7-14-16(8-12)30-20-18(14)21(28)25(11-22-20)10-17(26)24-23-9-13-4-3-5-15(29-2)19(13)27/h3-5,9,11-12,27H,6-8,10H2,1-2H3,(H,24,26)/b23-9-. The molecule has 156 valence electrons. The van der Waals surface area contributed by atoms with Gasteiger partial charge in [0.1, 0.15) is 11.4 Å². The first-order valence-electron chi connectivity index (χ1n) is 9.65. The van der Waals surface area contributed by atoms with Gasteiger partial charge in [-0.1, -0.05) is 13.0 Å². The number of phenolic OH excluding ortho intramolecular Hbond substituents is 1. The quantitative estimate of drug-likeness (QED) is 0.482. The van der Waals surface area contributed by atoms with E-state index in [9.17, 15) is 14.7 Å². The first kappa shape index (κ1) is 20.1. The lowest BCUT2D eigenvalue weighted by molar-refractivity contribution is -0.121. The Morgan fingerprint density at radius 3 is 3.13 bits per heavy atom. The molecule has 1 aliphatic carbocycles. The monoisotopic (exact) mass is 426 g/mol. The number of methoxy groups -OCH3 is 1. The van der Waals surface area contributed by atoms with E-state index in [2.05, 4.69) is 22.4 Å². The van der Waals surface area contributed by atoms with Gasteiger partial charge in [-0.3, -0.25) is 14.2 Å². The molecule has 1 unspecified atom stereocenters. The van der Waals surface area contributed by atoms with Gasteiger partial charge in [-0.15, -0.1) is 11.3 Å². The molecule has 0 saturated heterocycles. The molecule has 0 aliphatic heterocycles. The molecule has 0 spiro atoms. The Bertz CT molecular complexity index is 1200. The molecule has 9 heteroatoms. The van der Waals surface area contributed by atoms with Crippen molar-refractivity contribution in [3.05, 3.63) is 50.9 Å². The van der Waals surface area contributed by atoms with Crippen LogP contribution in [0.4, 0.5) is 0 Å². The number of nitrogens with one attached hydrogen (secondary N) is 1. The third-order valence-electron chi connectivity index (χ3n) is 5.24. The first-order valence-corrected chi connectivity index (χ1v) is 10.5. The van der Waals surface area contributed by atoms with Crippen LogP contribution in [0, 0.1) is 5.92 Å². The average molecular weight is 426 g/mol. The number of thiophene rings is 1. The van der Waals surface area contributed by atoms with Crippen LogP contribution in [0.1, 0.15) is 29.3 Å². The number of hydrogen-bond acceptors (Lipinski definition) is 7. The van der Waals surface area contributed by atoms with Crippen molar-refractivity contribution in [3.63, 3.8) is 0 Å². The van der Waals surface area contributed by atoms with Crippen LogP contribution in [0.3, 0.4) is 0 Å². The van der Waals surface area contributed by atoms with E-state index >= 15 is 0 Å². The fraction of sp³-hybridized carbons (Fsp3) is 0.333. The molecule has 30 heavy (non-hydrogen) atoms. The molecule has 0 saturated carbocycles. The van der Waals surface area contributed by atoms with E-state index in [1.807, 2.05) is 0 Å². The Hall–Kier alpha value is -3.20. The maximum atomic E-state index is 13.0. The highest BCUT2D eigenvalue weighted by molar-refractivity contribution is 7.18. The number of aryl methyl sites for hydroxylation is 1. The van der Waals surface area contributed by atoms with Gasteiger partial charge in [0, 0.05) is 10.4 Å². The molecule has 0 radical (unpaired) electrons. The van der Waals surface area contributed by atoms with Crippen molar-refractivity contribution in [2.45, 2.75) is 32.7 Å². The van der Waals surface area contributed by atoms with Gasteiger partial charge in [-0.2, -0.15) is 5.10 Å². The van der Waals surface area contributed by atoms with E-state index in [4.69, 9.17) is 4.74 Å². The number of para-hydroxylation sites is 1. The average Bonchev–Trinajstić information content (AvgIpc) is 3.09. The number of aromatic nitrogens is 2. The van der Waals surface area contributed by atoms with E-state index in [0.29, 0.717) is 22.6 Å². The van der Waals surface area contributed by atoms with Crippen molar-refractivity contribution in [3.8, 4) is 11.5 Å². The van der Waals surface area contributed by atoms with Crippen molar-refractivity contribution in [2.24, 2.45) is 11.0 Å². The Morgan fingerprint density at radius 1 is 1.50 bits per heavy atom. The van der Waals surface area contributed by atoms with Crippen molar-refractivity contribution in [1.82, 2.24) is 15.0 Å². The van der Waals surface area contributed by atoms with Crippen molar-refractivity contribution in [2.75, 3.05) is 7.11 Å².